The van der Waals surface area contributed by atoms with Crippen LogP contribution in [0.1, 0.15) is 27.6 Å². The predicted molar refractivity (Wildman–Crippen MR) is 128 cm³/mol. The fourth-order valence-electron chi connectivity index (χ4n) is 3.25. The number of carbonyl (C=O) groups excluding carboxylic acids is 2. The molecule has 1 heterocycles. The molecule has 0 radical (unpaired) electrons. The van der Waals surface area contributed by atoms with Crippen LogP contribution in [-0.4, -0.2) is 22.8 Å². The van der Waals surface area contributed by atoms with E-state index in [2.05, 4.69) is 31.9 Å². The number of nitrogens with zero attached hydrogens (tertiary/aromatic N) is 1. The summed E-state index contributed by atoms with van der Waals surface area (Å²) in [6, 6.07) is 23.7. The van der Waals surface area contributed by atoms with Gasteiger partial charge in [0.05, 0.1) is 16.8 Å². The summed E-state index contributed by atoms with van der Waals surface area (Å²) in [5, 5.41) is 0.652. The maximum atomic E-state index is 13.1. The summed E-state index contributed by atoms with van der Waals surface area (Å²) in [5.74, 6) is -0.817. The summed E-state index contributed by atoms with van der Waals surface area (Å²) in [7, 11) is 0. The lowest BCUT2D eigenvalue weighted by atomic mass is 10.0. The van der Waals surface area contributed by atoms with Crippen LogP contribution in [-0.2, 0) is 4.74 Å². The van der Waals surface area contributed by atoms with Crippen LogP contribution in [0.25, 0.3) is 22.2 Å². The fourth-order valence-corrected chi connectivity index (χ4v) is 3.88. The predicted octanol–water partition coefficient (Wildman–Crippen LogP) is 6.86. The number of ether oxygens (including phenoxy) is 1. The van der Waals surface area contributed by atoms with Crippen LogP contribution in [0, 0.1) is 0 Å². The summed E-state index contributed by atoms with van der Waals surface area (Å²) in [6.45, 7) is 1.59. The largest absolute Gasteiger partial charge is 0.451 e. The normalized spacial score (nSPS) is 11.8. The molecule has 0 saturated carbocycles. The number of fused-ring (bicyclic) bond motifs is 1. The molecule has 31 heavy (non-hydrogen) atoms. The molecule has 0 aliphatic carbocycles. The van der Waals surface area contributed by atoms with Crippen molar-refractivity contribution in [1.82, 2.24) is 4.98 Å². The van der Waals surface area contributed by atoms with Crippen molar-refractivity contribution < 1.29 is 14.3 Å². The van der Waals surface area contributed by atoms with E-state index in [0.29, 0.717) is 27.7 Å². The molecule has 154 valence electrons. The lowest BCUT2D eigenvalue weighted by Crippen LogP contribution is -2.24. The Morgan fingerprint density at radius 2 is 1.55 bits per heavy atom. The molecule has 0 unspecified atom stereocenters. The average Bonchev–Trinajstić information content (AvgIpc) is 2.78. The molecule has 0 spiro atoms. The third kappa shape index (κ3) is 4.75. The number of halogens is 2. The molecule has 0 saturated heterocycles. The van der Waals surface area contributed by atoms with Crippen molar-refractivity contribution in [3.63, 3.8) is 0 Å². The van der Waals surface area contributed by atoms with Crippen molar-refractivity contribution in [1.29, 1.82) is 0 Å². The topological polar surface area (TPSA) is 56.3 Å². The molecule has 1 atom stereocenters. The van der Waals surface area contributed by atoms with E-state index in [1.54, 1.807) is 37.3 Å². The van der Waals surface area contributed by atoms with Crippen LogP contribution in [0.3, 0.4) is 0 Å². The molecule has 0 bridgehead atoms. The first-order valence-corrected chi connectivity index (χ1v) is 11.2. The molecule has 4 aromatic rings. The van der Waals surface area contributed by atoms with Gasteiger partial charge in [0.25, 0.3) is 0 Å². The van der Waals surface area contributed by atoms with Gasteiger partial charge in [0, 0.05) is 25.5 Å². The summed E-state index contributed by atoms with van der Waals surface area (Å²) >= 11 is 6.88. The maximum absolute atomic E-state index is 13.1. The van der Waals surface area contributed by atoms with Crippen LogP contribution >= 0.6 is 31.9 Å². The van der Waals surface area contributed by atoms with E-state index in [9.17, 15) is 9.59 Å². The monoisotopic (exact) mass is 537 g/mol. The van der Waals surface area contributed by atoms with Crippen molar-refractivity contribution >= 4 is 54.5 Å². The molecule has 0 N–H and O–H groups in total. The molecule has 4 nitrogen and oxygen atoms in total. The second kappa shape index (κ2) is 9.12. The van der Waals surface area contributed by atoms with Crippen molar-refractivity contribution in [3.05, 3.63) is 98.9 Å². The third-order valence-electron chi connectivity index (χ3n) is 4.84. The van der Waals surface area contributed by atoms with Crippen LogP contribution < -0.4 is 0 Å². The Morgan fingerprint density at radius 3 is 2.26 bits per heavy atom. The Balaban J connectivity index is 1.72. The summed E-state index contributed by atoms with van der Waals surface area (Å²) < 4.78 is 7.34. The molecule has 1 aromatic heterocycles. The van der Waals surface area contributed by atoms with Gasteiger partial charge in [-0.1, -0.05) is 74.3 Å². The Hall–Kier alpha value is -2.83. The van der Waals surface area contributed by atoms with Gasteiger partial charge in [-0.25, -0.2) is 9.78 Å². The highest BCUT2D eigenvalue weighted by Gasteiger charge is 2.22. The molecule has 0 aliphatic heterocycles. The van der Waals surface area contributed by atoms with E-state index in [0.717, 1.165) is 14.5 Å². The van der Waals surface area contributed by atoms with Crippen molar-refractivity contribution in [2.75, 3.05) is 0 Å². The molecular formula is C25H17Br2NO3. The molecule has 4 rings (SSSR count). The number of Topliss-reactive ketones (excluding diaryl/α,β-unsaturated/α-hetero) is 1. The Morgan fingerprint density at radius 1 is 0.871 bits per heavy atom. The van der Waals surface area contributed by atoms with E-state index in [1.807, 2.05) is 48.5 Å². The molecule has 6 heteroatoms. The SMILES string of the molecule is C[C@@H](OC(=O)c1cc(-c2ccc(Br)cc2)nc2ccc(Br)cc12)C(=O)c1ccccc1. The quantitative estimate of drug-likeness (QED) is 0.206. The number of pyridine rings is 1. The minimum absolute atomic E-state index is 0.248. The van der Waals surface area contributed by atoms with Gasteiger partial charge >= 0.3 is 5.97 Å². The van der Waals surface area contributed by atoms with Crippen LogP contribution in [0.5, 0.6) is 0 Å². The standard InChI is InChI=1S/C25H17Br2NO3/c1-15(24(29)17-5-3-2-4-6-17)31-25(30)21-14-23(16-7-9-18(26)10-8-16)28-22-12-11-19(27)13-20(21)22/h2-15H,1H3/t15-/m1/s1. The zero-order chi connectivity index (χ0) is 22.0. The zero-order valence-electron chi connectivity index (χ0n) is 16.5. The van der Waals surface area contributed by atoms with E-state index >= 15 is 0 Å². The number of carbonyl (C=O) groups is 2. The molecule has 0 fully saturated rings. The highest BCUT2D eigenvalue weighted by Crippen LogP contribution is 2.29. The number of rotatable bonds is 5. The van der Waals surface area contributed by atoms with Gasteiger partial charge in [0.1, 0.15) is 0 Å². The number of esters is 1. The summed E-state index contributed by atoms with van der Waals surface area (Å²) in [5.41, 5.74) is 3.04. The lowest BCUT2D eigenvalue weighted by molar-refractivity contribution is 0.0320. The first kappa shape index (κ1) is 21.4. The van der Waals surface area contributed by atoms with E-state index in [4.69, 9.17) is 9.72 Å². The number of ketones is 1. The zero-order valence-corrected chi connectivity index (χ0v) is 19.7. The minimum atomic E-state index is -0.915. The molecular weight excluding hydrogens is 522 g/mol. The first-order chi connectivity index (χ1) is 14.9. The number of hydrogen-bond acceptors (Lipinski definition) is 4. The second-order valence-corrected chi connectivity index (χ2v) is 8.83. The van der Waals surface area contributed by atoms with E-state index in [-0.39, 0.29) is 5.78 Å². The second-order valence-electron chi connectivity index (χ2n) is 7.00. The van der Waals surface area contributed by atoms with Crippen LogP contribution in [0.15, 0.2) is 87.8 Å². The maximum Gasteiger partial charge on any atom is 0.339 e. The molecule has 0 amide bonds. The van der Waals surface area contributed by atoms with Gasteiger partial charge in [0.15, 0.2) is 6.10 Å². The molecule has 0 aliphatic rings. The van der Waals surface area contributed by atoms with Gasteiger partial charge in [0.2, 0.25) is 5.78 Å². The van der Waals surface area contributed by atoms with Crippen molar-refractivity contribution in [2.24, 2.45) is 0 Å². The van der Waals surface area contributed by atoms with E-state index < -0.39 is 12.1 Å². The van der Waals surface area contributed by atoms with Crippen LogP contribution in [0.4, 0.5) is 0 Å². The van der Waals surface area contributed by atoms with Gasteiger partial charge in [-0.3, -0.25) is 4.79 Å². The van der Waals surface area contributed by atoms with Crippen molar-refractivity contribution in [3.8, 4) is 11.3 Å². The van der Waals surface area contributed by atoms with Gasteiger partial charge in [-0.15, -0.1) is 0 Å². The number of benzene rings is 3. The highest BCUT2D eigenvalue weighted by molar-refractivity contribution is 9.10. The Labute approximate surface area is 196 Å². The Bertz CT molecular complexity index is 1270. The van der Waals surface area contributed by atoms with Crippen molar-refractivity contribution in [2.45, 2.75) is 13.0 Å². The van der Waals surface area contributed by atoms with Gasteiger partial charge in [-0.2, -0.15) is 0 Å². The first-order valence-electron chi connectivity index (χ1n) is 9.59. The van der Waals surface area contributed by atoms with E-state index in [1.165, 1.54) is 0 Å². The third-order valence-corrected chi connectivity index (χ3v) is 5.86. The summed E-state index contributed by atoms with van der Waals surface area (Å²) in [6.07, 6.45) is -0.915. The fraction of sp³-hybridized carbons (Fsp3) is 0.0800. The van der Waals surface area contributed by atoms with Gasteiger partial charge in [-0.05, 0) is 43.3 Å². The smallest absolute Gasteiger partial charge is 0.339 e. The number of aromatic nitrogens is 1. The lowest BCUT2D eigenvalue weighted by Gasteiger charge is -2.14. The van der Waals surface area contributed by atoms with Crippen LogP contribution in [0.2, 0.25) is 0 Å². The highest BCUT2D eigenvalue weighted by atomic mass is 79.9. The average molecular weight is 539 g/mol. The van der Waals surface area contributed by atoms with Gasteiger partial charge < -0.3 is 4.74 Å². The Kier molecular flexibility index (Phi) is 6.30. The minimum Gasteiger partial charge on any atom is -0.451 e. The molecule has 3 aromatic carbocycles. The summed E-state index contributed by atoms with van der Waals surface area (Å²) in [4.78, 5) is 30.5. The number of hydrogen-bond donors (Lipinski definition) is 0.